The van der Waals surface area contributed by atoms with Crippen molar-refractivity contribution < 1.29 is 9.13 Å². The van der Waals surface area contributed by atoms with Gasteiger partial charge in [-0.25, -0.2) is 4.39 Å². The van der Waals surface area contributed by atoms with Crippen LogP contribution in [-0.2, 0) is 4.74 Å². The lowest BCUT2D eigenvalue weighted by atomic mass is 10.1. The molecule has 2 N–H and O–H groups in total. The van der Waals surface area contributed by atoms with Gasteiger partial charge in [0.1, 0.15) is 5.82 Å². The highest BCUT2D eigenvalue weighted by atomic mass is 19.1. The highest BCUT2D eigenvalue weighted by Crippen LogP contribution is 2.23. The number of nitrogens with zero attached hydrogens (tertiary/aromatic N) is 1. The van der Waals surface area contributed by atoms with Crippen LogP contribution >= 0.6 is 0 Å². The Labute approximate surface area is 95.0 Å². The minimum absolute atomic E-state index is 0.198. The molecule has 0 spiro atoms. The van der Waals surface area contributed by atoms with Gasteiger partial charge >= 0.3 is 0 Å². The summed E-state index contributed by atoms with van der Waals surface area (Å²) in [5, 5.41) is 0. The number of hydrogen-bond acceptors (Lipinski definition) is 3. The van der Waals surface area contributed by atoms with E-state index >= 15 is 0 Å². The van der Waals surface area contributed by atoms with Crippen LogP contribution in [0.5, 0.6) is 0 Å². The van der Waals surface area contributed by atoms with Crippen molar-refractivity contribution in [1.29, 1.82) is 0 Å². The van der Waals surface area contributed by atoms with Gasteiger partial charge in [-0.3, -0.25) is 0 Å². The van der Waals surface area contributed by atoms with E-state index in [1.807, 2.05) is 13.1 Å². The van der Waals surface area contributed by atoms with E-state index in [-0.39, 0.29) is 11.5 Å². The van der Waals surface area contributed by atoms with Crippen molar-refractivity contribution in [3.05, 3.63) is 24.0 Å². The lowest BCUT2D eigenvalue weighted by Crippen LogP contribution is -2.36. The summed E-state index contributed by atoms with van der Waals surface area (Å²) in [5.41, 5.74) is 6.53. The Hall–Kier alpha value is -1.29. The van der Waals surface area contributed by atoms with Gasteiger partial charge in [0.2, 0.25) is 0 Å². The second-order valence-corrected chi connectivity index (χ2v) is 4.16. The lowest BCUT2D eigenvalue weighted by Gasteiger charge is -2.33. The minimum Gasteiger partial charge on any atom is -0.396 e. The van der Waals surface area contributed by atoms with Crippen molar-refractivity contribution in [2.45, 2.75) is 18.9 Å². The third-order valence-electron chi connectivity index (χ3n) is 3.13. The molecule has 0 radical (unpaired) electrons. The van der Waals surface area contributed by atoms with E-state index < -0.39 is 0 Å². The van der Waals surface area contributed by atoms with Crippen LogP contribution in [0.25, 0.3) is 0 Å². The van der Waals surface area contributed by atoms with Crippen LogP contribution in [0.4, 0.5) is 15.8 Å². The summed E-state index contributed by atoms with van der Waals surface area (Å²) in [7, 11) is 1.99. The Kier molecular flexibility index (Phi) is 3.29. The Bertz CT molecular complexity index is 364. The molecular weight excluding hydrogens is 207 g/mol. The molecule has 1 aromatic carbocycles. The third-order valence-corrected chi connectivity index (χ3v) is 3.13. The number of hydrogen-bond donors (Lipinski definition) is 1. The first-order chi connectivity index (χ1) is 7.68. The van der Waals surface area contributed by atoms with Crippen LogP contribution in [0.15, 0.2) is 18.2 Å². The maximum absolute atomic E-state index is 13.3. The standard InChI is InChI=1S/C12H17FN2O/c1-15(9-4-6-16-7-5-9)10-2-3-12(14)11(13)8-10/h2-3,8-9H,4-7,14H2,1H3. The quantitative estimate of drug-likeness (QED) is 0.781. The Morgan fingerprint density at radius 1 is 1.38 bits per heavy atom. The smallest absolute Gasteiger partial charge is 0.148 e. The van der Waals surface area contributed by atoms with E-state index in [1.54, 1.807) is 6.07 Å². The summed E-state index contributed by atoms with van der Waals surface area (Å²) in [4.78, 5) is 2.10. The highest BCUT2D eigenvalue weighted by Gasteiger charge is 2.19. The molecule has 1 fully saturated rings. The van der Waals surface area contributed by atoms with Crippen molar-refractivity contribution in [1.82, 2.24) is 0 Å². The van der Waals surface area contributed by atoms with Crippen LogP contribution in [0.2, 0.25) is 0 Å². The van der Waals surface area contributed by atoms with Gasteiger partial charge in [0.05, 0.1) is 5.69 Å². The molecule has 0 atom stereocenters. The monoisotopic (exact) mass is 224 g/mol. The molecule has 3 nitrogen and oxygen atoms in total. The van der Waals surface area contributed by atoms with Gasteiger partial charge in [-0.1, -0.05) is 0 Å². The zero-order valence-corrected chi connectivity index (χ0v) is 9.45. The summed E-state index contributed by atoms with van der Waals surface area (Å²) in [6, 6.07) is 5.39. The van der Waals surface area contributed by atoms with E-state index in [9.17, 15) is 4.39 Å². The van der Waals surface area contributed by atoms with E-state index in [0.717, 1.165) is 31.7 Å². The van der Waals surface area contributed by atoms with Gasteiger partial charge in [-0.2, -0.15) is 0 Å². The molecule has 0 bridgehead atoms. The number of nitrogens with two attached hydrogens (primary N) is 1. The molecule has 0 amide bonds. The first-order valence-electron chi connectivity index (χ1n) is 5.54. The Morgan fingerprint density at radius 2 is 2.06 bits per heavy atom. The van der Waals surface area contributed by atoms with E-state index in [0.29, 0.717) is 6.04 Å². The molecule has 2 rings (SSSR count). The molecule has 1 aromatic rings. The first kappa shape index (κ1) is 11.2. The summed E-state index contributed by atoms with van der Waals surface area (Å²) in [5.74, 6) is -0.351. The molecule has 1 aliphatic rings. The van der Waals surface area contributed by atoms with Crippen LogP contribution in [0, 0.1) is 5.82 Å². The molecule has 1 heterocycles. The number of nitrogen functional groups attached to an aromatic ring is 1. The average molecular weight is 224 g/mol. The molecule has 0 saturated carbocycles. The number of anilines is 2. The first-order valence-corrected chi connectivity index (χ1v) is 5.54. The van der Waals surface area contributed by atoms with E-state index in [4.69, 9.17) is 10.5 Å². The molecule has 1 saturated heterocycles. The van der Waals surface area contributed by atoms with Crippen LogP contribution in [0.3, 0.4) is 0 Å². The number of benzene rings is 1. The second kappa shape index (κ2) is 4.70. The van der Waals surface area contributed by atoms with Gasteiger partial charge in [0.15, 0.2) is 0 Å². The zero-order valence-electron chi connectivity index (χ0n) is 9.45. The summed E-state index contributed by atoms with van der Waals surface area (Å²) in [6.07, 6.45) is 1.98. The maximum atomic E-state index is 13.3. The summed E-state index contributed by atoms with van der Waals surface area (Å²) in [6.45, 7) is 1.57. The topological polar surface area (TPSA) is 38.5 Å². The molecule has 88 valence electrons. The third kappa shape index (κ3) is 2.27. The van der Waals surface area contributed by atoms with Crippen LogP contribution in [0.1, 0.15) is 12.8 Å². The fraction of sp³-hybridized carbons (Fsp3) is 0.500. The van der Waals surface area contributed by atoms with Gasteiger partial charge in [0, 0.05) is 32.0 Å². The molecule has 4 heteroatoms. The maximum Gasteiger partial charge on any atom is 0.148 e. The summed E-state index contributed by atoms with van der Waals surface area (Å²) >= 11 is 0. The van der Waals surface area contributed by atoms with E-state index in [2.05, 4.69) is 4.90 Å². The molecule has 0 unspecified atom stereocenters. The molecule has 0 aliphatic carbocycles. The second-order valence-electron chi connectivity index (χ2n) is 4.16. The van der Waals surface area contributed by atoms with Crippen molar-refractivity contribution >= 4 is 11.4 Å². The molecule has 0 aromatic heterocycles. The number of halogens is 1. The van der Waals surface area contributed by atoms with Crippen molar-refractivity contribution in [2.24, 2.45) is 0 Å². The molecular formula is C12H17FN2O. The number of ether oxygens (including phenoxy) is 1. The van der Waals surface area contributed by atoms with Crippen molar-refractivity contribution in [3.63, 3.8) is 0 Å². The van der Waals surface area contributed by atoms with Crippen LogP contribution < -0.4 is 10.6 Å². The zero-order chi connectivity index (χ0) is 11.5. The molecule has 1 aliphatic heterocycles. The largest absolute Gasteiger partial charge is 0.396 e. The fourth-order valence-electron chi connectivity index (χ4n) is 2.02. The predicted octanol–water partition coefficient (Wildman–Crippen LogP) is 2.02. The minimum atomic E-state index is -0.351. The van der Waals surface area contributed by atoms with Crippen LogP contribution in [-0.4, -0.2) is 26.3 Å². The van der Waals surface area contributed by atoms with Gasteiger partial charge in [0.25, 0.3) is 0 Å². The lowest BCUT2D eigenvalue weighted by molar-refractivity contribution is 0.0855. The van der Waals surface area contributed by atoms with Crippen molar-refractivity contribution in [2.75, 3.05) is 30.9 Å². The highest BCUT2D eigenvalue weighted by molar-refractivity contribution is 5.54. The van der Waals surface area contributed by atoms with Gasteiger partial charge < -0.3 is 15.4 Å². The SMILES string of the molecule is CN(c1ccc(N)c(F)c1)C1CCOCC1. The van der Waals surface area contributed by atoms with E-state index in [1.165, 1.54) is 6.07 Å². The Morgan fingerprint density at radius 3 is 2.69 bits per heavy atom. The van der Waals surface area contributed by atoms with Crippen molar-refractivity contribution in [3.8, 4) is 0 Å². The van der Waals surface area contributed by atoms with Gasteiger partial charge in [-0.15, -0.1) is 0 Å². The normalized spacial score (nSPS) is 17.4. The number of rotatable bonds is 2. The predicted molar refractivity (Wildman–Crippen MR) is 63.1 cm³/mol. The average Bonchev–Trinajstić information content (AvgIpc) is 2.33. The molecule has 16 heavy (non-hydrogen) atoms. The summed E-state index contributed by atoms with van der Waals surface area (Å²) < 4.78 is 18.6. The van der Waals surface area contributed by atoms with Gasteiger partial charge in [-0.05, 0) is 31.0 Å². The Balaban J connectivity index is 2.12. The fourth-order valence-corrected chi connectivity index (χ4v) is 2.02.